The number of amides is 2. The van der Waals surface area contributed by atoms with Gasteiger partial charge in [0.05, 0.1) is 5.52 Å². The summed E-state index contributed by atoms with van der Waals surface area (Å²) in [6.45, 7) is 9.73. The fourth-order valence-corrected chi connectivity index (χ4v) is 5.79. The van der Waals surface area contributed by atoms with Crippen molar-refractivity contribution in [2.24, 2.45) is 0 Å². The van der Waals surface area contributed by atoms with Crippen LogP contribution in [0.15, 0.2) is 12.1 Å². The lowest BCUT2D eigenvalue weighted by molar-refractivity contribution is 0.124. The fraction of sp³-hybridized carbons (Fsp3) is 0.591. The van der Waals surface area contributed by atoms with Gasteiger partial charge in [-0.3, -0.25) is 4.90 Å². The molecule has 2 heterocycles. The van der Waals surface area contributed by atoms with E-state index in [4.69, 9.17) is 23.2 Å². The van der Waals surface area contributed by atoms with Crippen LogP contribution in [0.25, 0.3) is 10.9 Å². The summed E-state index contributed by atoms with van der Waals surface area (Å²) in [5, 5.41) is 2.48. The Hall–Kier alpha value is -1.43. The van der Waals surface area contributed by atoms with Crippen LogP contribution in [-0.2, 0) is 6.42 Å². The van der Waals surface area contributed by atoms with Gasteiger partial charge in [0.25, 0.3) is 0 Å². The summed E-state index contributed by atoms with van der Waals surface area (Å²) in [6, 6.07) is 4.34. The molecular formula is C22H30Cl2N4O. The van der Waals surface area contributed by atoms with Crippen molar-refractivity contribution in [1.29, 1.82) is 0 Å². The van der Waals surface area contributed by atoms with E-state index in [9.17, 15) is 4.79 Å². The maximum Gasteiger partial charge on any atom is 0.336 e. The molecule has 2 atom stereocenters. The van der Waals surface area contributed by atoms with Gasteiger partial charge in [-0.15, -0.1) is 0 Å². The lowest BCUT2D eigenvalue weighted by Gasteiger charge is -2.44. The van der Waals surface area contributed by atoms with E-state index in [-0.39, 0.29) is 6.03 Å². The maximum absolute atomic E-state index is 12.7. The molecule has 5 nitrogen and oxygen atoms in total. The lowest BCUT2D eigenvalue weighted by Crippen LogP contribution is -2.47. The van der Waals surface area contributed by atoms with Crippen molar-refractivity contribution >= 4 is 40.1 Å². The van der Waals surface area contributed by atoms with Gasteiger partial charge in [0.15, 0.2) is 0 Å². The molecule has 7 heteroatoms. The second-order valence-corrected chi connectivity index (χ2v) is 8.93. The SMILES string of the molecule is CCCN1CCC[C@@H]2c3cc(Cl)cc4c3c(c(Cl)n4NC(=O)N(CC)CC)C[C@H]21. The first-order chi connectivity index (χ1) is 14.0. The van der Waals surface area contributed by atoms with Crippen LogP contribution in [0, 0.1) is 0 Å². The molecule has 1 saturated heterocycles. The van der Waals surface area contributed by atoms with Crippen molar-refractivity contribution in [3.63, 3.8) is 0 Å². The number of carbonyl (C=O) groups excluding carboxylic acids is 1. The second kappa shape index (κ2) is 8.37. The zero-order valence-corrected chi connectivity index (χ0v) is 19.0. The first-order valence-electron chi connectivity index (χ1n) is 10.8. The van der Waals surface area contributed by atoms with Crippen LogP contribution in [0.5, 0.6) is 0 Å². The Morgan fingerprint density at radius 1 is 1.24 bits per heavy atom. The number of nitrogens with one attached hydrogen (secondary N) is 1. The van der Waals surface area contributed by atoms with Crippen LogP contribution in [0.4, 0.5) is 4.79 Å². The largest absolute Gasteiger partial charge is 0.336 e. The lowest BCUT2D eigenvalue weighted by atomic mass is 9.75. The quantitative estimate of drug-likeness (QED) is 0.674. The number of likely N-dealkylation sites (tertiary alicyclic amines) is 1. The molecule has 29 heavy (non-hydrogen) atoms. The summed E-state index contributed by atoms with van der Waals surface area (Å²) in [5.74, 6) is 0.467. The van der Waals surface area contributed by atoms with Crippen molar-refractivity contribution in [2.45, 2.75) is 58.4 Å². The first kappa shape index (κ1) is 20.8. The van der Waals surface area contributed by atoms with Crippen molar-refractivity contribution in [3.8, 4) is 0 Å². The summed E-state index contributed by atoms with van der Waals surface area (Å²) in [4.78, 5) is 17.1. The van der Waals surface area contributed by atoms with Crippen LogP contribution in [-0.4, -0.2) is 52.7 Å². The van der Waals surface area contributed by atoms with E-state index in [0.29, 0.717) is 35.2 Å². The van der Waals surface area contributed by atoms with Gasteiger partial charge in [-0.1, -0.05) is 30.1 Å². The van der Waals surface area contributed by atoms with Crippen molar-refractivity contribution in [3.05, 3.63) is 33.4 Å². The Balaban J connectivity index is 1.82. The molecule has 0 radical (unpaired) electrons. The minimum atomic E-state index is -0.147. The summed E-state index contributed by atoms with van der Waals surface area (Å²) in [7, 11) is 0. The average molecular weight is 437 g/mol. The van der Waals surface area contributed by atoms with E-state index in [2.05, 4.69) is 23.3 Å². The Morgan fingerprint density at radius 2 is 2.00 bits per heavy atom. The van der Waals surface area contributed by atoms with Crippen LogP contribution in [0.2, 0.25) is 10.2 Å². The van der Waals surface area contributed by atoms with Gasteiger partial charge >= 0.3 is 6.03 Å². The minimum absolute atomic E-state index is 0.147. The monoisotopic (exact) mass is 436 g/mol. The molecule has 1 aromatic carbocycles. The molecule has 2 amide bonds. The number of piperidine rings is 1. The highest BCUT2D eigenvalue weighted by Crippen LogP contribution is 2.47. The highest BCUT2D eigenvalue weighted by atomic mass is 35.5. The average Bonchev–Trinajstić information content (AvgIpc) is 2.96. The predicted molar refractivity (Wildman–Crippen MR) is 121 cm³/mol. The third kappa shape index (κ3) is 3.51. The molecule has 0 bridgehead atoms. The van der Waals surface area contributed by atoms with E-state index in [1.807, 2.05) is 19.9 Å². The van der Waals surface area contributed by atoms with Crippen LogP contribution in [0.1, 0.15) is 57.1 Å². The molecule has 0 saturated carbocycles. The van der Waals surface area contributed by atoms with Gasteiger partial charge < -0.3 is 4.90 Å². The van der Waals surface area contributed by atoms with E-state index in [1.54, 1.807) is 9.58 Å². The third-order valence-electron chi connectivity index (χ3n) is 6.58. The fourth-order valence-electron chi connectivity index (χ4n) is 5.26. The number of carbonyl (C=O) groups is 1. The number of nitrogens with zero attached hydrogens (tertiary/aromatic N) is 3. The van der Waals surface area contributed by atoms with E-state index >= 15 is 0 Å². The summed E-state index contributed by atoms with van der Waals surface area (Å²) < 4.78 is 1.74. The number of halogens is 2. The third-order valence-corrected chi connectivity index (χ3v) is 7.19. The number of urea groups is 1. The number of rotatable bonds is 5. The Labute approximate surface area is 182 Å². The zero-order valence-electron chi connectivity index (χ0n) is 17.5. The van der Waals surface area contributed by atoms with Crippen LogP contribution in [0.3, 0.4) is 0 Å². The van der Waals surface area contributed by atoms with Crippen LogP contribution < -0.4 is 5.43 Å². The Bertz CT molecular complexity index is 919. The van der Waals surface area contributed by atoms with E-state index in [0.717, 1.165) is 37.0 Å². The molecule has 2 aromatic rings. The number of aromatic nitrogens is 1. The van der Waals surface area contributed by atoms with Gasteiger partial charge in [-0.25, -0.2) is 14.9 Å². The molecule has 1 N–H and O–H groups in total. The molecule has 0 unspecified atom stereocenters. The minimum Gasteiger partial charge on any atom is -0.324 e. The first-order valence-corrected chi connectivity index (χ1v) is 11.6. The summed E-state index contributed by atoms with van der Waals surface area (Å²) in [5.41, 5.74) is 6.34. The molecule has 1 aliphatic carbocycles. The molecule has 1 aromatic heterocycles. The maximum atomic E-state index is 12.7. The number of fused-ring (bicyclic) bond motifs is 2. The van der Waals surface area contributed by atoms with Gasteiger partial charge in [-0.05, 0) is 70.3 Å². The van der Waals surface area contributed by atoms with E-state index in [1.165, 1.54) is 23.8 Å². The summed E-state index contributed by atoms with van der Waals surface area (Å²) in [6.07, 6.45) is 4.45. The molecule has 2 aliphatic rings. The topological polar surface area (TPSA) is 40.5 Å². The van der Waals surface area contributed by atoms with Crippen molar-refractivity contribution in [2.75, 3.05) is 31.6 Å². The Morgan fingerprint density at radius 3 is 2.69 bits per heavy atom. The van der Waals surface area contributed by atoms with Gasteiger partial charge in [-0.2, -0.15) is 0 Å². The van der Waals surface area contributed by atoms with Gasteiger partial charge in [0.1, 0.15) is 5.15 Å². The van der Waals surface area contributed by atoms with Crippen LogP contribution >= 0.6 is 23.2 Å². The van der Waals surface area contributed by atoms with E-state index < -0.39 is 0 Å². The number of benzene rings is 1. The van der Waals surface area contributed by atoms with Gasteiger partial charge in [0.2, 0.25) is 0 Å². The molecule has 4 rings (SSSR count). The predicted octanol–water partition coefficient (Wildman–Crippen LogP) is 5.47. The number of hydrogen-bond acceptors (Lipinski definition) is 2. The Kier molecular flexibility index (Phi) is 6.01. The molecule has 1 fully saturated rings. The molecule has 158 valence electrons. The summed E-state index contributed by atoms with van der Waals surface area (Å²) >= 11 is 13.4. The normalized spacial score (nSPS) is 21.3. The zero-order chi connectivity index (χ0) is 20.7. The van der Waals surface area contributed by atoms with Crippen molar-refractivity contribution < 1.29 is 4.79 Å². The smallest absolute Gasteiger partial charge is 0.324 e. The molecule has 1 aliphatic heterocycles. The standard InChI is InChI=1S/C22H30Cl2N4O/c1-4-9-27-10-7-8-15-16-11-14(23)12-19-20(16)17(13-18(15)27)21(24)28(19)25-22(29)26(5-2)6-3/h11-12,15,18H,4-10,13H2,1-3H3,(H,25,29)/t15-,18-/m1/s1. The highest BCUT2D eigenvalue weighted by Gasteiger charge is 2.39. The van der Waals surface area contributed by atoms with Crippen molar-refractivity contribution in [1.82, 2.24) is 14.5 Å². The second-order valence-electron chi connectivity index (χ2n) is 8.14. The highest BCUT2D eigenvalue weighted by molar-refractivity contribution is 6.34. The molecular weight excluding hydrogens is 407 g/mol. The molecule has 0 spiro atoms. The number of hydrogen-bond donors (Lipinski definition) is 1. The van der Waals surface area contributed by atoms with Gasteiger partial charge in [0, 0.05) is 41.0 Å².